The summed E-state index contributed by atoms with van der Waals surface area (Å²) < 4.78 is 10.9. The summed E-state index contributed by atoms with van der Waals surface area (Å²) in [4.78, 5) is 35.5. The van der Waals surface area contributed by atoms with Crippen LogP contribution in [-0.2, 0) is 9.59 Å². The summed E-state index contributed by atoms with van der Waals surface area (Å²) >= 11 is 0. The van der Waals surface area contributed by atoms with Crippen LogP contribution < -0.4 is 19.7 Å². The largest absolute Gasteiger partial charge is 0.497 e. The molecule has 2 aromatic carbocycles. The van der Waals surface area contributed by atoms with Crippen molar-refractivity contribution in [2.45, 2.75) is 20.3 Å². The summed E-state index contributed by atoms with van der Waals surface area (Å²) in [6.45, 7) is 4.07. The highest BCUT2D eigenvalue weighted by molar-refractivity contribution is 6.03. The van der Waals surface area contributed by atoms with E-state index in [1.54, 1.807) is 48.4 Å². The number of nitrogens with one attached hydrogen (secondary N) is 1. The van der Waals surface area contributed by atoms with Gasteiger partial charge in [0.2, 0.25) is 11.8 Å². The van der Waals surface area contributed by atoms with Crippen LogP contribution >= 0.6 is 0 Å². The van der Waals surface area contributed by atoms with Gasteiger partial charge in [0.1, 0.15) is 11.5 Å². The van der Waals surface area contributed by atoms with Crippen LogP contribution in [0, 0.1) is 19.8 Å². The maximum Gasteiger partial charge on any atom is 0.322 e. The standard InChI is InChI=1S/C24H24N4O4/c1-15-11-16(2)26-24(25-15)32-21-6-4-5-18(13-21)27-23(30)17-12-22(29)28(14-17)19-7-9-20(31-3)10-8-19/h4-11,13,17H,12,14H2,1-3H3,(H,27,30). The second-order valence-corrected chi connectivity index (χ2v) is 7.66. The summed E-state index contributed by atoms with van der Waals surface area (Å²) in [6.07, 6.45) is 0.157. The van der Waals surface area contributed by atoms with Crippen molar-refractivity contribution in [1.82, 2.24) is 9.97 Å². The van der Waals surface area contributed by atoms with Crippen molar-refractivity contribution in [3.63, 3.8) is 0 Å². The molecule has 2 amide bonds. The van der Waals surface area contributed by atoms with Crippen molar-refractivity contribution >= 4 is 23.2 Å². The fourth-order valence-corrected chi connectivity index (χ4v) is 3.62. The molecule has 8 nitrogen and oxygen atoms in total. The van der Waals surface area contributed by atoms with Crippen LogP contribution in [0.5, 0.6) is 17.5 Å². The lowest BCUT2D eigenvalue weighted by molar-refractivity contribution is -0.122. The molecule has 1 fully saturated rings. The van der Waals surface area contributed by atoms with Gasteiger partial charge in [0.25, 0.3) is 0 Å². The van der Waals surface area contributed by atoms with Gasteiger partial charge in [-0.1, -0.05) is 6.07 Å². The summed E-state index contributed by atoms with van der Waals surface area (Å²) in [6, 6.07) is 16.3. The Balaban J connectivity index is 1.41. The number of amides is 2. The minimum Gasteiger partial charge on any atom is -0.497 e. The number of rotatable bonds is 6. The third-order valence-electron chi connectivity index (χ3n) is 5.15. The number of ether oxygens (including phenoxy) is 2. The molecule has 1 saturated heterocycles. The van der Waals surface area contributed by atoms with E-state index in [1.165, 1.54) is 0 Å². The van der Waals surface area contributed by atoms with Gasteiger partial charge in [-0.25, -0.2) is 9.97 Å². The summed E-state index contributed by atoms with van der Waals surface area (Å²) in [7, 11) is 1.59. The van der Waals surface area contributed by atoms with Crippen molar-refractivity contribution < 1.29 is 19.1 Å². The van der Waals surface area contributed by atoms with Crippen LogP contribution in [0.4, 0.5) is 11.4 Å². The van der Waals surface area contributed by atoms with Gasteiger partial charge in [-0.05, 0) is 56.3 Å². The van der Waals surface area contributed by atoms with Crippen molar-refractivity contribution in [3.8, 4) is 17.5 Å². The molecular weight excluding hydrogens is 408 g/mol. The van der Waals surface area contributed by atoms with E-state index in [4.69, 9.17) is 9.47 Å². The van der Waals surface area contributed by atoms with Crippen LogP contribution in [0.1, 0.15) is 17.8 Å². The lowest BCUT2D eigenvalue weighted by Gasteiger charge is -2.17. The summed E-state index contributed by atoms with van der Waals surface area (Å²) in [5.74, 6) is 0.476. The number of hydrogen-bond acceptors (Lipinski definition) is 6. The van der Waals surface area contributed by atoms with E-state index in [9.17, 15) is 9.59 Å². The molecule has 0 spiro atoms. The Bertz CT molecular complexity index is 1130. The molecule has 1 aliphatic rings. The lowest BCUT2D eigenvalue weighted by Crippen LogP contribution is -2.28. The number of nitrogens with zero attached hydrogens (tertiary/aromatic N) is 3. The van der Waals surface area contributed by atoms with E-state index in [0.29, 0.717) is 23.7 Å². The number of carbonyl (C=O) groups is 2. The van der Waals surface area contributed by atoms with E-state index in [0.717, 1.165) is 17.1 Å². The molecule has 164 valence electrons. The molecule has 0 aliphatic carbocycles. The molecule has 1 aliphatic heterocycles. The molecule has 2 heterocycles. The zero-order valence-corrected chi connectivity index (χ0v) is 18.2. The first-order valence-corrected chi connectivity index (χ1v) is 10.3. The Morgan fingerprint density at radius 1 is 1.03 bits per heavy atom. The summed E-state index contributed by atoms with van der Waals surface area (Å²) in [5, 5.41) is 2.88. The van der Waals surface area contributed by atoms with Gasteiger partial charge in [-0.3, -0.25) is 9.59 Å². The van der Waals surface area contributed by atoms with Crippen molar-refractivity contribution in [1.29, 1.82) is 0 Å². The third-order valence-corrected chi connectivity index (χ3v) is 5.15. The first-order valence-electron chi connectivity index (χ1n) is 10.3. The van der Waals surface area contributed by atoms with E-state index < -0.39 is 5.92 Å². The average Bonchev–Trinajstić information content (AvgIpc) is 3.15. The molecule has 1 N–H and O–H groups in total. The Labute approximate surface area is 186 Å². The predicted octanol–water partition coefficient (Wildman–Crippen LogP) is 3.89. The van der Waals surface area contributed by atoms with Crippen molar-refractivity contribution in [2.75, 3.05) is 23.9 Å². The number of benzene rings is 2. The zero-order chi connectivity index (χ0) is 22.7. The quantitative estimate of drug-likeness (QED) is 0.635. The molecule has 3 aromatic rings. The van der Waals surface area contributed by atoms with E-state index in [2.05, 4.69) is 15.3 Å². The molecule has 0 bridgehead atoms. The van der Waals surface area contributed by atoms with Crippen LogP contribution in [0.3, 0.4) is 0 Å². The Kier molecular flexibility index (Phi) is 6.02. The normalized spacial score (nSPS) is 15.5. The molecule has 0 saturated carbocycles. The topological polar surface area (TPSA) is 93.7 Å². The van der Waals surface area contributed by atoms with E-state index in [1.807, 2.05) is 32.0 Å². The van der Waals surface area contributed by atoms with Crippen LogP contribution in [0.15, 0.2) is 54.6 Å². The first kappa shape index (κ1) is 21.3. The fourth-order valence-electron chi connectivity index (χ4n) is 3.62. The molecule has 1 atom stereocenters. The Morgan fingerprint density at radius 3 is 2.44 bits per heavy atom. The number of carbonyl (C=O) groups excluding carboxylic acids is 2. The van der Waals surface area contributed by atoms with Crippen molar-refractivity contribution in [2.24, 2.45) is 5.92 Å². The SMILES string of the molecule is COc1ccc(N2CC(C(=O)Nc3cccc(Oc4nc(C)cc(C)n4)c3)CC2=O)cc1. The highest BCUT2D eigenvalue weighted by Crippen LogP contribution is 2.28. The highest BCUT2D eigenvalue weighted by Gasteiger charge is 2.35. The van der Waals surface area contributed by atoms with Crippen molar-refractivity contribution in [3.05, 3.63) is 66.0 Å². The third kappa shape index (κ3) is 4.85. The van der Waals surface area contributed by atoms with Gasteiger partial charge in [-0.15, -0.1) is 0 Å². The molecular formula is C24H24N4O4. The Morgan fingerprint density at radius 2 is 1.75 bits per heavy atom. The highest BCUT2D eigenvalue weighted by atomic mass is 16.5. The zero-order valence-electron chi connectivity index (χ0n) is 18.2. The average molecular weight is 432 g/mol. The molecule has 1 unspecified atom stereocenters. The number of aryl methyl sites for hydroxylation is 2. The predicted molar refractivity (Wildman–Crippen MR) is 120 cm³/mol. The number of anilines is 2. The van der Waals surface area contributed by atoms with Gasteiger partial charge >= 0.3 is 6.01 Å². The van der Waals surface area contributed by atoms with Gasteiger partial charge in [0.05, 0.1) is 13.0 Å². The van der Waals surface area contributed by atoms with Gasteiger partial charge < -0.3 is 19.7 Å². The maximum atomic E-state index is 12.8. The van der Waals surface area contributed by atoms with E-state index in [-0.39, 0.29) is 24.2 Å². The fraction of sp³-hybridized carbons (Fsp3) is 0.250. The molecule has 4 rings (SSSR count). The lowest BCUT2D eigenvalue weighted by atomic mass is 10.1. The molecule has 1 aromatic heterocycles. The minimum atomic E-state index is -0.447. The van der Waals surface area contributed by atoms with Crippen LogP contribution in [-0.4, -0.2) is 35.4 Å². The maximum absolute atomic E-state index is 12.8. The number of hydrogen-bond donors (Lipinski definition) is 1. The summed E-state index contributed by atoms with van der Waals surface area (Å²) in [5.41, 5.74) is 2.94. The smallest absolute Gasteiger partial charge is 0.322 e. The van der Waals surface area contributed by atoms with Crippen LogP contribution in [0.2, 0.25) is 0 Å². The van der Waals surface area contributed by atoms with Crippen LogP contribution in [0.25, 0.3) is 0 Å². The number of methoxy groups -OCH3 is 1. The monoisotopic (exact) mass is 432 g/mol. The van der Waals surface area contributed by atoms with Gasteiger partial charge in [0.15, 0.2) is 0 Å². The second-order valence-electron chi connectivity index (χ2n) is 7.66. The molecule has 0 radical (unpaired) electrons. The minimum absolute atomic E-state index is 0.0839. The van der Waals surface area contributed by atoms with Gasteiger partial charge in [-0.2, -0.15) is 0 Å². The number of aromatic nitrogens is 2. The first-order chi connectivity index (χ1) is 15.4. The molecule has 8 heteroatoms. The van der Waals surface area contributed by atoms with E-state index >= 15 is 0 Å². The molecule has 32 heavy (non-hydrogen) atoms. The Hall–Kier alpha value is -3.94. The van der Waals surface area contributed by atoms with Gasteiger partial charge in [0, 0.05) is 41.8 Å². The second kappa shape index (κ2) is 9.05.